The molecule has 0 saturated carbocycles. The van der Waals surface area contributed by atoms with Crippen LogP contribution in [0.3, 0.4) is 0 Å². The lowest BCUT2D eigenvalue weighted by Gasteiger charge is -2.10. The number of nitrogens with one attached hydrogen (secondary N) is 1. The molecule has 0 saturated heterocycles. The van der Waals surface area contributed by atoms with Crippen LogP contribution < -0.4 is 9.46 Å². The van der Waals surface area contributed by atoms with Crippen LogP contribution >= 0.6 is 0 Å². The SMILES string of the molecule is COc1ccc(NS(=O)(=O)c2cnn(CCO)c2)c(C)c1. The van der Waals surface area contributed by atoms with Gasteiger partial charge in [0, 0.05) is 6.20 Å². The third-order valence-electron chi connectivity index (χ3n) is 2.93. The number of aliphatic hydroxyl groups excluding tert-OH is 1. The monoisotopic (exact) mass is 311 g/mol. The summed E-state index contributed by atoms with van der Waals surface area (Å²) in [4.78, 5) is 0.0474. The lowest BCUT2D eigenvalue weighted by molar-refractivity contribution is 0.269. The third kappa shape index (κ3) is 3.53. The number of benzene rings is 1. The molecule has 1 aromatic carbocycles. The van der Waals surface area contributed by atoms with E-state index in [0.29, 0.717) is 11.4 Å². The van der Waals surface area contributed by atoms with Crippen LogP contribution in [0.1, 0.15) is 5.56 Å². The minimum atomic E-state index is -3.71. The molecule has 0 spiro atoms. The summed E-state index contributed by atoms with van der Waals surface area (Å²) in [5.41, 5.74) is 1.23. The second-order valence-electron chi connectivity index (χ2n) is 4.45. The summed E-state index contributed by atoms with van der Waals surface area (Å²) in [5.74, 6) is 0.659. The fourth-order valence-electron chi connectivity index (χ4n) is 1.79. The van der Waals surface area contributed by atoms with Gasteiger partial charge < -0.3 is 9.84 Å². The predicted molar refractivity (Wildman–Crippen MR) is 77.9 cm³/mol. The molecule has 2 aromatic rings. The number of anilines is 1. The second-order valence-corrected chi connectivity index (χ2v) is 6.13. The van der Waals surface area contributed by atoms with E-state index in [-0.39, 0.29) is 18.0 Å². The molecule has 2 N–H and O–H groups in total. The van der Waals surface area contributed by atoms with E-state index in [0.717, 1.165) is 5.56 Å². The molecule has 0 aliphatic carbocycles. The number of methoxy groups -OCH3 is 1. The van der Waals surface area contributed by atoms with Gasteiger partial charge in [-0.25, -0.2) is 8.42 Å². The highest BCUT2D eigenvalue weighted by atomic mass is 32.2. The molecule has 1 heterocycles. The van der Waals surface area contributed by atoms with Gasteiger partial charge in [0.15, 0.2) is 0 Å². The molecule has 0 aliphatic rings. The van der Waals surface area contributed by atoms with Gasteiger partial charge in [0.1, 0.15) is 10.6 Å². The van der Waals surface area contributed by atoms with Gasteiger partial charge in [-0.2, -0.15) is 5.10 Å². The highest BCUT2D eigenvalue weighted by Crippen LogP contribution is 2.23. The fourth-order valence-corrected chi connectivity index (χ4v) is 2.87. The summed E-state index contributed by atoms with van der Waals surface area (Å²) in [7, 11) is -2.16. The number of aliphatic hydroxyl groups is 1. The molecule has 1 aromatic heterocycles. The van der Waals surface area contributed by atoms with E-state index in [1.54, 1.807) is 32.2 Å². The summed E-state index contributed by atoms with van der Waals surface area (Å²) in [5, 5.41) is 12.7. The number of hydrogen-bond acceptors (Lipinski definition) is 5. The molecule has 0 bridgehead atoms. The summed E-state index contributed by atoms with van der Waals surface area (Å²) in [6.07, 6.45) is 2.62. The second kappa shape index (κ2) is 6.15. The number of aromatic nitrogens is 2. The van der Waals surface area contributed by atoms with E-state index in [4.69, 9.17) is 9.84 Å². The molecule has 0 fully saturated rings. The molecule has 0 amide bonds. The number of hydrogen-bond donors (Lipinski definition) is 2. The maximum absolute atomic E-state index is 12.3. The zero-order valence-electron chi connectivity index (χ0n) is 11.8. The van der Waals surface area contributed by atoms with Crippen LogP contribution in [0.25, 0.3) is 0 Å². The average molecular weight is 311 g/mol. The lowest BCUT2D eigenvalue weighted by atomic mass is 10.2. The molecule has 21 heavy (non-hydrogen) atoms. The smallest absolute Gasteiger partial charge is 0.265 e. The first-order valence-corrected chi connectivity index (χ1v) is 7.75. The van der Waals surface area contributed by atoms with E-state index in [1.807, 2.05) is 0 Å². The Kier molecular flexibility index (Phi) is 4.49. The molecular formula is C13H17N3O4S. The van der Waals surface area contributed by atoms with Crippen molar-refractivity contribution in [3.8, 4) is 5.75 Å². The molecule has 0 atom stereocenters. The minimum Gasteiger partial charge on any atom is -0.497 e. The van der Waals surface area contributed by atoms with Crippen LogP contribution in [-0.2, 0) is 16.6 Å². The van der Waals surface area contributed by atoms with Gasteiger partial charge in [-0.05, 0) is 30.7 Å². The summed E-state index contributed by atoms with van der Waals surface area (Å²) in [6, 6.07) is 5.07. The normalized spacial score (nSPS) is 11.4. The van der Waals surface area contributed by atoms with Crippen LogP contribution in [0.4, 0.5) is 5.69 Å². The Balaban J connectivity index is 2.24. The van der Waals surface area contributed by atoms with E-state index in [1.165, 1.54) is 17.1 Å². The number of rotatable bonds is 6. The Morgan fingerprint density at radius 2 is 2.19 bits per heavy atom. The molecule has 0 radical (unpaired) electrons. The molecular weight excluding hydrogens is 294 g/mol. The Labute approximate surface area is 123 Å². The van der Waals surface area contributed by atoms with Crippen molar-refractivity contribution in [3.05, 3.63) is 36.2 Å². The van der Waals surface area contributed by atoms with Gasteiger partial charge in [-0.1, -0.05) is 0 Å². The molecule has 2 rings (SSSR count). The molecule has 114 valence electrons. The van der Waals surface area contributed by atoms with Gasteiger partial charge in [0.05, 0.1) is 32.1 Å². The topological polar surface area (TPSA) is 93.5 Å². The summed E-state index contributed by atoms with van der Waals surface area (Å²) in [6.45, 7) is 1.93. The fraction of sp³-hybridized carbons (Fsp3) is 0.308. The zero-order chi connectivity index (χ0) is 15.5. The minimum absolute atomic E-state index is 0.0474. The van der Waals surface area contributed by atoms with Crippen molar-refractivity contribution in [2.75, 3.05) is 18.4 Å². The Bertz CT molecular complexity index is 725. The first-order valence-electron chi connectivity index (χ1n) is 6.27. The van der Waals surface area contributed by atoms with Gasteiger partial charge in [0.2, 0.25) is 0 Å². The summed E-state index contributed by atoms with van der Waals surface area (Å²) < 4.78 is 33.5. The van der Waals surface area contributed by atoms with E-state index in [2.05, 4.69) is 9.82 Å². The van der Waals surface area contributed by atoms with Gasteiger partial charge in [-0.3, -0.25) is 9.40 Å². The van der Waals surface area contributed by atoms with Crippen LogP contribution in [0.2, 0.25) is 0 Å². The highest BCUT2D eigenvalue weighted by Gasteiger charge is 2.17. The molecule has 0 aliphatic heterocycles. The van der Waals surface area contributed by atoms with E-state index in [9.17, 15) is 8.42 Å². The van der Waals surface area contributed by atoms with Crippen molar-refractivity contribution in [1.82, 2.24) is 9.78 Å². The molecule has 7 nitrogen and oxygen atoms in total. The van der Waals surface area contributed by atoms with Crippen LogP contribution in [0, 0.1) is 6.92 Å². The Morgan fingerprint density at radius 1 is 1.43 bits per heavy atom. The summed E-state index contributed by atoms with van der Waals surface area (Å²) >= 11 is 0. The third-order valence-corrected chi connectivity index (χ3v) is 4.25. The predicted octanol–water partition coefficient (Wildman–Crippen LogP) is 0.993. The largest absolute Gasteiger partial charge is 0.497 e. The first-order chi connectivity index (χ1) is 9.96. The van der Waals surface area contributed by atoms with Crippen molar-refractivity contribution in [2.45, 2.75) is 18.4 Å². The van der Waals surface area contributed by atoms with Crippen LogP contribution in [0.15, 0.2) is 35.5 Å². The lowest BCUT2D eigenvalue weighted by Crippen LogP contribution is -2.13. The van der Waals surface area contributed by atoms with Crippen molar-refractivity contribution >= 4 is 15.7 Å². The van der Waals surface area contributed by atoms with Crippen molar-refractivity contribution < 1.29 is 18.3 Å². The van der Waals surface area contributed by atoms with E-state index < -0.39 is 10.0 Å². The number of sulfonamides is 1. The standard InChI is InChI=1S/C13H17N3O4S/c1-10-7-11(20-2)3-4-13(10)15-21(18,19)12-8-14-16(9-12)5-6-17/h3-4,7-9,15,17H,5-6H2,1-2H3. The number of nitrogens with zero attached hydrogens (tertiary/aromatic N) is 2. The zero-order valence-corrected chi connectivity index (χ0v) is 12.6. The van der Waals surface area contributed by atoms with Crippen LogP contribution in [0.5, 0.6) is 5.75 Å². The quantitative estimate of drug-likeness (QED) is 0.830. The number of ether oxygens (including phenoxy) is 1. The highest BCUT2D eigenvalue weighted by molar-refractivity contribution is 7.92. The van der Waals surface area contributed by atoms with Gasteiger partial charge >= 0.3 is 0 Å². The van der Waals surface area contributed by atoms with Gasteiger partial charge in [0.25, 0.3) is 10.0 Å². The van der Waals surface area contributed by atoms with Gasteiger partial charge in [-0.15, -0.1) is 0 Å². The molecule has 0 unspecified atom stereocenters. The number of aryl methyl sites for hydroxylation is 1. The van der Waals surface area contributed by atoms with Crippen LogP contribution in [-0.4, -0.2) is 37.0 Å². The molecule has 8 heteroatoms. The van der Waals surface area contributed by atoms with E-state index >= 15 is 0 Å². The Hall–Kier alpha value is -2.06. The van der Waals surface area contributed by atoms with Crippen molar-refractivity contribution in [3.63, 3.8) is 0 Å². The van der Waals surface area contributed by atoms with Crippen molar-refractivity contribution in [1.29, 1.82) is 0 Å². The maximum Gasteiger partial charge on any atom is 0.265 e. The average Bonchev–Trinajstić information content (AvgIpc) is 2.91. The first kappa shape index (κ1) is 15.3. The van der Waals surface area contributed by atoms with Crippen molar-refractivity contribution in [2.24, 2.45) is 0 Å². The maximum atomic E-state index is 12.3. The Morgan fingerprint density at radius 3 is 2.81 bits per heavy atom.